The van der Waals surface area contributed by atoms with Crippen LogP contribution in [0.1, 0.15) is 27.2 Å². The minimum absolute atomic E-state index is 0.598. The molecule has 0 aromatic carbocycles. The lowest BCUT2D eigenvalue weighted by atomic mass is 10.4. The second-order valence-electron chi connectivity index (χ2n) is 4.14. The molecule has 0 amide bonds. The van der Waals surface area contributed by atoms with Crippen molar-refractivity contribution in [2.75, 3.05) is 38.1 Å². The highest BCUT2D eigenvalue weighted by molar-refractivity contribution is 9.10. The smallest absolute Gasteiger partial charge is 0.233 e. The maximum Gasteiger partial charge on any atom is 0.233 e. The summed E-state index contributed by atoms with van der Waals surface area (Å²) in [5.74, 6) is 1.38. The molecule has 0 unspecified atom stereocenters. The van der Waals surface area contributed by atoms with Crippen LogP contribution in [-0.4, -0.2) is 47.7 Å². The van der Waals surface area contributed by atoms with Crippen molar-refractivity contribution >= 4 is 21.7 Å². The van der Waals surface area contributed by atoms with E-state index in [2.05, 4.69) is 56.9 Å². The van der Waals surface area contributed by atoms with E-state index >= 15 is 0 Å². The number of aromatic nitrogens is 2. The SMILES string of the molecule is CCCNc1ncnc(OCCN(CC)CC)c1Br. The first-order chi connectivity index (χ1) is 9.22. The Kier molecular flexibility index (Phi) is 7.74. The van der Waals surface area contributed by atoms with Gasteiger partial charge in [-0.3, -0.25) is 0 Å². The molecule has 0 bridgehead atoms. The fourth-order valence-corrected chi connectivity index (χ4v) is 2.09. The van der Waals surface area contributed by atoms with Crippen LogP contribution < -0.4 is 10.1 Å². The van der Waals surface area contributed by atoms with Crippen LogP contribution in [0.25, 0.3) is 0 Å². The first-order valence-electron chi connectivity index (χ1n) is 6.82. The second kappa shape index (κ2) is 9.09. The Morgan fingerprint density at radius 2 is 2.00 bits per heavy atom. The molecule has 0 spiro atoms. The average Bonchev–Trinajstić information content (AvgIpc) is 2.44. The van der Waals surface area contributed by atoms with Crippen molar-refractivity contribution in [2.45, 2.75) is 27.2 Å². The molecule has 19 heavy (non-hydrogen) atoms. The van der Waals surface area contributed by atoms with Gasteiger partial charge in [0.15, 0.2) is 0 Å². The molecular formula is C13H23BrN4O. The molecule has 0 aliphatic heterocycles. The number of nitrogens with one attached hydrogen (secondary N) is 1. The van der Waals surface area contributed by atoms with Crippen LogP contribution in [0.3, 0.4) is 0 Å². The fourth-order valence-electron chi connectivity index (χ4n) is 1.63. The maximum atomic E-state index is 5.71. The summed E-state index contributed by atoms with van der Waals surface area (Å²) in [5, 5.41) is 3.24. The Morgan fingerprint density at radius 3 is 2.63 bits per heavy atom. The Morgan fingerprint density at radius 1 is 1.26 bits per heavy atom. The topological polar surface area (TPSA) is 50.3 Å². The van der Waals surface area contributed by atoms with Gasteiger partial charge in [0.05, 0.1) is 0 Å². The highest BCUT2D eigenvalue weighted by Crippen LogP contribution is 2.28. The van der Waals surface area contributed by atoms with Gasteiger partial charge in [0.1, 0.15) is 23.2 Å². The molecule has 108 valence electrons. The Bertz CT molecular complexity index is 372. The number of ether oxygens (including phenoxy) is 1. The molecule has 0 fully saturated rings. The van der Waals surface area contributed by atoms with Crippen molar-refractivity contribution in [2.24, 2.45) is 0 Å². The van der Waals surface area contributed by atoms with E-state index in [9.17, 15) is 0 Å². The molecule has 1 heterocycles. The number of halogens is 1. The van der Waals surface area contributed by atoms with Crippen molar-refractivity contribution in [1.29, 1.82) is 0 Å². The number of hydrogen-bond acceptors (Lipinski definition) is 5. The molecule has 1 rings (SSSR count). The van der Waals surface area contributed by atoms with E-state index in [1.54, 1.807) is 0 Å². The third-order valence-electron chi connectivity index (χ3n) is 2.84. The van der Waals surface area contributed by atoms with E-state index in [0.29, 0.717) is 12.5 Å². The van der Waals surface area contributed by atoms with Crippen molar-refractivity contribution in [3.05, 3.63) is 10.8 Å². The number of nitrogens with zero attached hydrogens (tertiary/aromatic N) is 3. The Labute approximate surface area is 123 Å². The van der Waals surface area contributed by atoms with Gasteiger partial charge in [-0.15, -0.1) is 0 Å². The molecule has 1 aromatic heterocycles. The Balaban J connectivity index is 2.53. The second-order valence-corrected chi connectivity index (χ2v) is 4.94. The van der Waals surface area contributed by atoms with Crippen molar-refractivity contribution in [3.8, 4) is 5.88 Å². The third-order valence-corrected chi connectivity index (χ3v) is 3.56. The van der Waals surface area contributed by atoms with Crippen molar-refractivity contribution in [1.82, 2.24) is 14.9 Å². The van der Waals surface area contributed by atoms with Gasteiger partial charge in [-0.05, 0) is 35.4 Å². The van der Waals surface area contributed by atoms with Gasteiger partial charge in [-0.2, -0.15) is 0 Å². The molecule has 0 saturated carbocycles. The monoisotopic (exact) mass is 330 g/mol. The average molecular weight is 331 g/mol. The van der Waals surface area contributed by atoms with E-state index in [0.717, 1.165) is 42.9 Å². The van der Waals surface area contributed by atoms with Crippen LogP contribution >= 0.6 is 15.9 Å². The summed E-state index contributed by atoms with van der Waals surface area (Å²) in [6, 6.07) is 0. The van der Waals surface area contributed by atoms with Gasteiger partial charge in [0, 0.05) is 13.1 Å². The summed E-state index contributed by atoms with van der Waals surface area (Å²) >= 11 is 3.49. The summed E-state index contributed by atoms with van der Waals surface area (Å²) in [7, 11) is 0. The minimum Gasteiger partial charge on any atom is -0.475 e. The minimum atomic E-state index is 0.598. The summed E-state index contributed by atoms with van der Waals surface area (Å²) in [6.07, 6.45) is 2.57. The first kappa shape index (κ1) is 16.2. The molecule has 5 nitrogen and oxygen atoms in total. The predicted octanol–water partition coefficient (Wildman–Crippen LogP) is 2.78. The number of hydrogen-bond donors (Lipinski definition) is 1. The largest absolute Gasteiger partial charge is 0.475 e. The standard InChI is InChI=1S/C13H23BrN4O/c1-4-7-15-12-11(14)13(17-10-16-12)19-9-8-18(5-2)6-3/h10H,4-9H2,1-3H3,(H,15,16,17). The zero-order valence-electron chi connectivity index (χ0n) is 11.9. The lowest BCUT2D eigenvalue weighted by Gasteiger charge is -2.18. The maximum absolute atomic E-state index is 5.71. The van der Waals surface area contributed by atoms with Crippen molar-refractivity contribution in [3.63, 3.8) is 0 Å². The molecule has 0 radical (unpaired) electrons. The highest BCUT2D eigenvalue weighted by Gasteiger charge is 2.09. The zero-order chi connectivity index (χ0) is 14.1. The highest BCUT2D eigenvalue weighted by atomic mass is 79.9. The number of anilines is 1. The molecular weight excluding hydrogens is 308 g/mol. The summed E-state index contributed by atoms with van der Waals surface area (Å²) in [5.41, 5.74) is 0. The van der Waals surface area contributed by atoms with E-state index in [4.69, 9.17) is 4.74 Å². The normalized spacial score (nSPS) is 10.8. The Hall–Kier alpha value is -0.880. The van der Waals surface area contributed by atoms with Gasteiger partial charge in [0.2, 0.25) is 5.88 Å². The number of rotatable bonds is 9. The molecule has 0 aliphatic carbocycles. The van der Waals surface area contributed by atoms with Gasteiger partial charge in [-0.1, -0.05) is 20.8 Å². The van der Waals surface area contributed by atoms with E-state index in [1.165, 1.54) is 6.33 Å². The molecule has 6 heteroatoms. The molecule has 0 saturated heterocycles. The van der Waals surface area contributed by atoms with Crippen molar-refractivity contribution < 1.29 is 4.74 Å². The fraction of sp³-hybridized carbons (Fsp3) is 0.692. The van der Waals surface area contributed by atoms with Gasteiger partial charge in [-0.25, -0.2) is 9.97 Å². The molecule has 0 atom stereocenters. The lowest BCUT2D eigenvalue weighted by Crippen LogP contribution is -2.28. The summed E-state index contributed by atoms with van der Waals surface area (Å²) < 4.78 is 6.51. The third kappa shape index (κ3) is 5.32. The first-order valence-corrected chi connectivity index (χ1v) is 7.61. The van der Waals surface area contributed by atoms with Gasteiger partial charge in [0.25, 0.3) is 0 Å². The summed E-state index contributed by atoms with van der Waals surface area (Å²) in [6.45, 7) is 10.9. The lowest BCUT2D eigenvalue weighted by molar-refractivity contribution is 0.217. The van der Waals surface area contributed by atoms with Crippen LogP contribution in [0.2, 0.25) is 0 Å². The van der Waals surface area contributed by atoms with Crippen LogP contribution in [0.15, 0.2) is 10.8 Å². The van der Waals surface area contributed by atoms with Crippen LogP contribution in [0.4, 0.5) is 5.82 Å². The predicted molar refractivity (Wildman–Crippen MR) is 81.8 cm³/mol. The summed E-state index contributed by atoms with van der Waals surface area (Å²) in [4.78, 5) is 10.7. The van der Waals surface area contributed by atoms with E-state index in [-0.39, 0.29) is 0 Å². The van der Waals surface area contributed by atoms with E-state index in [1.807, 2.05) is 0 Å². The molecule has 1 aromatic rings. The van der Waals surface area contributed by atoms with E-state index < -0.39 is 0 Å². The van der Waals surface area contributed by atoms with Gasteiger partial charge >= 0.3 is 0 Å². The van der Waals surface area contributed by atoms with Crippen LogP contribution in [0.5, 0.6) is 5.88 Å². The molecule has 0 aliphatic rings. The quantitative estimate of drug-likeness (QED) is 0.754. The van der Waals surface area contributed by atoms with Gasteiger partial charge < -0.3 is 15.0 Å². The number of likely N-dealkylation sites (N-methyl/N-ethyl adjacent to an activating group) is 1. The molecule has 1 N–H and O–H groups in total. The zero-order valence-corrected chi connectivity index (χ0v) is 13.5. The van der Waals surface area contributed by atoms with Crippen LogP contribution in [-0.2, 0) is 0 Å². The van der Waals surface area contributed by atoms with Crippen LogP contribution in [0, 0.1) is 0 Å².